The van der Waals surface area contributed by atoms with Crippen molar-refractivity contribution >= 4 is 39.4 Å². The molecule has 0 aliphatic rings. The summed E-state index contributed by atoms with van der Waals surface area (Å²) in [4.78, 5) is 13.0. The lowest BCUT2D eigenvalue weighted by Crippen LogP contribution is -2.30. The molecule has 4 nitrogen and oxygen atoms in total. The third kappa shape index (κ3) is 5.48. The van der Waals surface area contributed by atoms with Crippen molar-refractivity contribution in [2.45, 2.75) is 11.3 Å². The van der Waals surface area contributed by atoms with E-state index in [9.17, 15) is 4.79 Å². The van der Waals surface area contributed by atoms with E-state index in [2.05, 4.69) is 26.6 Å². The fourth-order valence-corrected chi connectivity index (χ4v) is 3.03. The van der Waals surface area contributed by atoms with Crippen molar-refractivity contribution in [1.29, 1.82) is 0 Å². The minimum absolute atomic E-state index is 0.200. The first-order chi connectivity index (χ1) is 11.1. The lowest BCUT2D eigenvalue weighted by molar-refractivity contribution is 0.252. The van der Waals surface area contributed by atoms with Gasteiger partial charge in [-0.15, -0.1) is 11.8 Å². The van der Waals surface area contributed by atoms with Crippen LogP contribution in [0.4, 0.5) is 10.5 Å². The zero-order chi connectivity index (χ0) is 16.7. The normalized spacial score (nSPS) is 10.2. The summed E-state index contributed by atoms with van der Waals surface area (Å²) in [5.74, 6) is 0.799. The molecule has 2 rings (SSSR count). The molecule has 0 fully saturated rings. The second-order valence-electron chi connectivity index (χ2n) is 4.83. The van der Waals surface area contributed by atoms with Crippen molar-refractivity contribution in [3.63, 3.8) is 0 Å². The first-order valence-electron chi connectivity index (χ1n) is 7.13. The second kappa shape index (κ2) is 8.84. The van der Waals surface area contributed by atoms with Crippen LogP contribution in [-0.4, -0.2) is 25.9 Å². The van der Waals surface area contributed by atoms with Crippen LogP contribution in [0.5, 0.6) is 5.75 Å². The molecule has 0 bridgehead atoms. The summed E-state index contributed by atoms with van der Waals surface area (Å²) in [7, 11) is 1.64. The van der Waals surface area contributed by atoms with E-state index in [4.69, 9.17) is 4.74 Å². The highest BCUT2D eigenvalue weighted by atomic mass is 79.9. The van der Waals surface area contributed by atoms with E-state index in [0.717, 1.165) is 27.9 Å². The average molecular weight is 395 g/mol. The van der Waals surface area contributed by atoms with Crippen LogP contribution in [0.1, 0.15) is 5.56 Å². The van der Waals surface area contributed by atoms with Gasteiger partial charge in [0.15, 0.2) is 0 Å². The number of hydrogen-bond donors (Lipinski definition) is 2. The van der Waals surface area contributed by atoms with Crippen LogP contribution in [0, 0.1) is 0 Å². The SMILES string of the molecule is COc1ccc(CCNC(=O)Nc2ccc(SC)cc2)cc1Br. The lowest BCUT2D eigenvalue weighted by atomic mass is 10.1. The van der Waals surface area contributed by atoms with Crippen molar-refractivity contribution in [3.8, 4) is 5.75 Å². The van der Waals surface area contributed by atoms with Gasteiger partial charge in [0.1, 0.15) is 5.75 Å². The molecule has 2 N–H and O–H groups in total. The zero-order valence-corrected chi connectivity index (χ0v) is 15.5. The summed E-state index contributed by atoms with van der Waals surface area (Å²) in [6.45, 7) is 0.563. The molecule has 0 radical (unpaired) electrons. The summed E-state index contributed by atoms with van der Waals surface area (Å²) >= 11 is 5.13. The number of thioether (sulfide) groups is 1. The molecule has 23 heavy (non-hydrogen) atoms. The van der Waals surface area contributed by atoms with Crippen LogP contribution < -0.4 is 15.4 Å². The molecule has 0 saturated heterocycles. The standard InChI is InChI=1S/C17H19BrN2O2S/c1-22-16-8-3-12(11-15(16)18)9-10-19-17(21)20-13-4-6-14(23-2)7-5-13/h3-8,11H,9-10H2,1-2H3,(H2,19,20,21). The van der Waals surface area contributed by atoms with Crippen molar-refractivity contribution in [1.82, 2.24) is 5.32 Å². The Morgan fingerprint density at radius 2 is 1.96 bits per heavy atom. The fraction of sp³-hybridized carbons (Fsp3) is 0.235. The molecule has 2 aromatic carbocycles. The topological polar surface area (TPSA) is 50.4 Å². The van der Waals surface area contributed by atoms with Crippen molar-refractivity contribution in [2.24, 2.45) is 0 Å². The van der Waals surface area contributed by atoms with Gasteiger partial charge in [0, 0.05) is 17.1 Å². The molecule has 0 aliphatic carbocycles. The maximum atomic E-state index is 11.9. The van der Waals surface area contributed by atoms with Gasteiger partial charge in [0.25, 0.3) is 0 Å². The van der Waals surface area contributed by atoms with Gasteiger partial charge < -0.3 is 15.4 Å². The molecule has 0 aromatic heterocycles. The van der Waals surface area contributed by atoms with Crippen LogP contribution in [0.3, 0.4) is 0 Å². The van der Waals surface area contributed by atoms with Gasteiger partial charge in [-0.3, -0.25) is 0 Å². The lowest BCUT2D eigenvalue weighted by Gasteiger charge is -2.09. The Balaban J connectivity index is 1.79. The highest BCUT2D eigenvalue weighted by molar-refractivity contribution is 9.10. The summed E-state index contributed by atoms with van der Waals surface area (Å²) in [5.41, 5.74) is 1.91. The maximum absolute atomic E-state index is 11.9. The number of anilines is 1. The van der Waals surface area contributed by atoms with E-state index in [1.807, 2.05) is 48.7 Å². The Hall–Kier alpha value is -1.66. The number of carbonyl (C=O) groups excluding carboxylic acids is 1. The van der Waals surface area contributed by atoms with Crippen LogP contribution in [-0.2, 0) is 6.42 Å². The Labute approximate surface area is 149 Å². The Morgan fingerprint density at radius 1 is 1.22 bits per heavy atom. The molecule has 0 saturated carbocycles. The van der Waals surface area contributed by atoms with E-state index in [-0.39, 0.29) is 6.03 Å². The Kier molecular flexibility index (Phi) is 6.80. The van der Waals surface area contributed by atoms with Gasteiger partial charge in [0.2, 0.25) is 0 Å². The highest BCUT2D eigenvalue weighted by Crippen LogP contribution is 2.25. The highest BCUT2D eigenvalue weighted by Gasteiger charge is 2.04. The van der Waals surface area contributed by atoms with Crippen molar-refractivity contribution in [2.75, 3.05) is 25.2 Å². The van der Waals surface area contributed by atoms with E-state index < -0.39 is 0 Å². The second-order valence-corrected chi connectivity index (χ2v) is 6.56. The molecule has 6 heteroatoms. The summed E-state index contributed by atoms with van der Waals surface area (Å²) in [5, 5.41) is 5.68. The van der Waals surface area contributed by atoms with Crippen LogP contribution in [0.15, 0.2) is 51.8 Å². The Bertz CT molecular complexity index is 662. The minimum Gasteiger partial charge on any atom is -0.496 e. The van der Waals surface area contributed by atoms with E-state index in [1.54, 1.807) is 18.9 Å². The van der Waals surface area contributed by atoms with E-state index in [1.165, 1.54) is 4.90 Å². The Morgan fingerprint density at radius 3 is 2.57 bits per heavy atom. The van der Waals surface area contributed by atoms with E-state index >= 15 is 0 Å². The minimum atomic E-state index is -0.200. The molecular formula is C17H19BrN2O2S. The first-order valence-corrected chi connectivity index (χ1v) is 9.15. The van der Waals surface area contributed by atoms with Gasteiger partial charge in [-0.05, 0) is 70.6 Å². The quantitative estimate of drug-likeness (QED) is 0.706. The van der Waals surface area contributed by atoms with Crippen molar-refractivity contribution < 1.29 is 9.53 Å². The first kappa shape index (κ1) is 17.7. The molecule has 0 heterocycles. The maximum Gasteiger partial charge on any atom is 0.319 e. The number of amides is 2. The van der Waals surface area contributed by atoms with Crippen LogP contribution >= 0.6 is 27.7 Å². The van der Waals surface area contributed by atoms with Crippen LogP contribution in [0.25, 0.3) is 0 Å². The van der Waals surface area contributed by atoms with Gasteiger partial charge in [-0.25, -0.2) is 4.79 Å². The van der Waals surface area contributed by atoms with E-state index in [0.29, 0.717) is 6.54 Å². The molecule has 2 amide bonds. The molecular weight excluding hydrogens is 376 g/mol. The fourth-order valence-electron chi connectivity index (χ4n) is 2.04. The number of rotatable bonds is 6. The molecule has 0 aliphatic heterocycles. The molecule has 122 valence electrons. The van der Waals surface area contributed by atoms with Crippen molar-refractivity contribution in [3.05, 3.63) is 52.5 Å². The number of carbonyl (C=O) groups is 1. The molecule has 0 spiro atoms. The largest absolute Gasteiger partial charge is 0.496 e. The number of ether oxygens (including phenoxy) is 1. The zero-order valence-electron chi connectivity index (χ0n) is 13.1. The van der Waals surface area contributed by atoms with Gasteiger partial charge in [0.05, 0.1) is 11.6 Å². The third-order valence-electron chi connectivity index (χ3n) is 3.26. The predicted octanol–water partition coefficient (Wildman–Crippen LogP) is 4.54. The number of urea groups is 1. The number of methoxy groups -OCH3 is 1. The summed E-state index contributed by atoms with van der Waals surface area (Å²) in [6, 6.07) is 13.5. The number of hydrogen-bond acceptors (Lipinski definition) is 3. The monoisotopic (exact) mass is 394 g/mol. The molecule has 2 aromatic rings. The van der Waals surface area contributed by atoms with Gasteiger partial charge in [-0.1, -0.05) is 6.07 Å². The summed E-state index contributed by atoms with van der Waals surface area (Å²) in [6.07, 6.45) is 2.77. The smallest absolute Gasteiger partial charge is 0.319 e. The third-order valence-corrected chi connectivity index (χ3v) is 4.63. The van der Waals surface area contributed by atoms with Gasteiger partial charge in [-0.2, -0.15) is 0 Å². The number of benzene rings is 2. The van der Waals surface area contributed by atoms with Crippen LogP contribution in [0.2, 0.25) is 0 Å². The summed E-state index contributed by atoms with van der Waals surface area (Å²) < 4.78 is 6.11. The average Bonchev–Trinajstić information content (AvgIpc) is 2.56. The number of nitrogens with one attached hydrogen (secondary N) is 2. The number of halogens is 1. The van der Waals surface area contributed by atoms with Gasteiger partial charge >= 0.3 is 6.03 Å². The molecule has 0 unspecified atom stereocenters. The molecule has 0 atom stereocenters. The predicted molar refractivity (Wildman–Crippen MR) is 99.6 cm³/mol.